The van der Waals surface area contributed by atoms with E-state index in [2.05, 4.69) is 0 Å². The minimum atomic E-state index is -2.35. The van der Waals surface area contributed by atoms with E-state index in [4.69, 9.17) is 24.7 Å². The molecule has 2 bridgehead atoms. The van der Waals surface area contributed by atoms with E-state index in [-0.39, 0.29) is 38.0 Å². The Morgan fingerprint density at radius 3 is 1.94 bits per heavy atom. The van der Waals surface area contributed by atoms with E-state index in [1.807, 2.05) is 49.5 Å². The van der Waals surface area contributed by atoms with Gasteiger partial charge in [0.25, 0.3) is 0 Å². The van der Waals surface area contributed by atoms with Crippen LogP contribution in [0.5, 0.6) is 0 Å². The largest absolute Gasteiger partial charge is 0.481 e. The van der Waals surface area contributed by atoms with Crippen molar-refractivity contribution in [1.29, 1.82) is 0 Å². The molecule has 0 aromatic rings. The number of fused-ring (bicyclic) bond motifs is 2. The fourth-order valence-corrected chi connectivity index (χ4v) is 8.11. The minimum absolute atomic E-state index is 0.138. The number of aliphatic hydroxyl groups is 10. The van der Waals surface area contributed by atoms with Crippen molar-refractivity contribution in [2.75, 3.05) is 0 Å². The van der Waals surface area contributed by atoms with Crippen LogP contribution in [-0.4, -0.2) is 166 Å². The van der Waals surface area contributed by atoms with Crippen molar-refractivity contribution in [3.05, 3.63) is 72.9 Å². The summed E-state index contributed by atoms with van der Waals surface area (Å²) in [6.07, 6.45) is 2.28. The summed E-state index contributed by atoms with van der Waals surface area (Å²) in [5, 5.41) is 118. The van der Waals surface area contributed by atoms with Crippen LogP contribution in [0.2, 0.25) is 0 Å². The highest BCUT2D eigenvalue weighted by Gasteiger charge is 2.51. The molecular formula is C47H75NO17. The Kier molecular flexibility index (Phi) is 23.8. The number of cyclic esters (lactones) is 1. The highest BCUT2D eigenvalue weighted by molar-refractivity contribution is 5.71. The van der Waals surface area contributed by atoms with Gasteiger partial charge in [0.05, 0.1) is 79.6 Å². The third-order valence-corrected chi connectivity index (χ3v) is 12.2. The van der Waals surface area contributed by atoms with Gasteiger partial charge in [-0.2, -0.15) is 0 Å². The second kappa shape index (κ2) is 27.6. The molecule has 3 rings (SSSR count). The van der Waals surface area contributed by atoms with Crippen LogP contribution in [-0.2, 0) is 28.5 Å². The lowest BCUT2D eigenvalue weighted by Crippen LogP contribution is -2.61. The van der Waals surface area contributed by atoms with Crippen LogP contribution in [0.4, 0.5) is 0 Å². The smallest absolute Gasteiger partial charge is 0.311 e. The molecule has 13 N–H and O–H groups in total. The fourth-order valence-electron chi connectivity index (χ4n) is 8.11. The molecule has 3 aliphatic heterocycles. The predicted molar refractivity (Wildman–Crippen MR) is 237 cm³/mol. The highest BCUT2D eigenvalue weighted by atomic mass is 16.7. The van der Waals surface area contributed by atoms with E-state index in [0.717, 1.165) is 12.8 Å². The molecule has 19 atom stereocenters. The minimum Gasteiger partial charge on any atom is -0.481 e. The SMILES string of the molecule is CC1/C=C\C=C/CC\C=C/C=C\C=C/C=CC(O[C@@H]2O[C@H](C)[C@@H](O)[C@H](N)[C@@H]2O)CC2OC(O)(CC(O)C(O)CCC(O)CC(O)CC(O)CC(=O)OC(C)C(C)C1O)CC(O)C2C(=O)O. The van der Waals surface area contributed by atoms with Crippen molar-refractivity contribution in [3.8, 4) is 0 Å². The first-order chi connectivity index (χ1) is 30.6. The maximum atomic E-state index is 12.6. The molecule has 18 nitrogen and oxygen atoms in total. The Labute approximate surface area is 381 Å². The van der Waals surface area contributed by atoms with E-state index in [9.17, 15) is 65.8 Å². The first-order valence-electron chi connectivity index (χ1n) is 22.6. The van der Waals surface area contributed by atoms with Crippen LogP contribution in [0.1, 0.15) is 91.9 Å². The summed E-state index contributed by atoms with van der Waals surface area (Å²) in [5.74, 6) is -6.82. The van der Waals surface area contributed by atoms with Gasteiger partial charge in [0.1, 0.15) is 18.1 Å². The standard InChI is InChI=1S/C47H75NO17/c1-27-17-15-13-11-9-7-5-6-8-10-12-14-16-18-34(64-46-44(58)41(48)43(57)30(4)63-46)24-38-40(45(59)60)37(54)26-47(61,65-38)25-36(53)35(52)20-19-31(49)21-32(50)22-33(51)23-39(55)62-29(3)28(2)42(27)56/h5-6,8,10-18,27-38,40-44,46,49-54,56-58,61H,7,9,19-26,48H2,1-4H3,(H,59,60)/b6-5-,10-8-,13-11-,14-12-,17-15-,18-16?/t27?,28?,29?,30-,31?,32?,33?,34?,35?,36?,37?,38?,40?,41+,42?,43-,44+,46+,47?/m1/s1. The van der Waals surface area contributed by atoms with E-state index >= 15 is 0 Å². The lowest BCUT2D eigenvalue weighted by atomic mass is 9.82. The van der Waals surface area contributed by atoms with Gasteiger partial charge in [-0.25, -0.2) is 0 Å². The quantitative estimate of drug-likeness (QED) is 0.175. The van der Waals surface area contributed by atoms with Crippen LogP contribution >= 0.6 is 0 Å². The average Bonchev–Trinajstić information content (AvgIpc) is 3.21. The molecular weight excluding hydrogens is 851 g/mol. The average molecular weight is 926 g/mol. The fraction of sp³-hybridized carbons (Fsp3) is 0.702. The zero-order valence-corrected chi connectivity index (χ0v) is 37.8. The Balaban J connectivity index is 1.84. The Hall–Kier alpha value is -3.18. The molecule has 2 fully saturated rings. The lowest BCUT2D eigenvalue weighted by molar-refractivity contribution is -0.310. The van der Waals surface area contributed by atoms with Crippen molar-refractivity contribution in [1.82, 2.24) is 0 Å². The van der Waals surface area contributed by atoms with E-state index in [1.165, 1.54) is 13.0 Å². The zero-order chi connectivity index (χ0) is 48.4. The van der Waals surface area contributed by atoms with Crippen molar-refractivity contribution >= 4 is 11.9 Å². The van der Waals surface area contributed by atoms with Crippen LogP contribution in [0, 0.1) is 17.8 Å². The van der Waals surface area contributed by atoms with Crippen LogP contribution in [0.25, 0.3) is 0 Å². The molecule has 0 radical (unpaired) electrons. The van der Waals surface area contributed by atoms with Crippen LogP contribution in [0.15, 0.2) is 72.9 Å². The number of nitrogens with two attached hydrogens (primary N) is 1. The third-order valence-electron chi connectivity index (χ3n) is 12.2. The van der Waals surface area contributed by atoms with Gasteiger partial charge in [0.15, 0.2) is 12.1 Å². The van der Waals surface area contributed by atoms with Gasteiger partial charge in [-0.1, -0.05) is 86.8 Å². The highest BCUT2D eigenvalue weighted by Crippen LogP contribution is 2.38. The first-order valence-corrected chi connectivity index (χ1v) is 22.6. The number of carboxylic acid groups (broad SMARTS) is 1. The second-order valence-corrected chi connectivity index (χ2v) is 17.8. The van der Waals surface area contributed by atoms with Gasteiger partial charge in [-0.15, -0.1) is 0 Å². The van der Waals surface area contributed by atoms with E-state index < -0.39 is 141 Å². The third kappa shape index (κ3) is 18.8. The molecule has 65 heavy (non-hydrogen) atoms. The predicted octanol–water partition coefficient (Wildman–Crippen LogP) is 0.936. The molecule has 0 aromatic carbocycles. The monoisotopic (exact) mass is 926 g/mol. The number of allylic oxidation sites excluding steroid dienone is 10. The Bertz CT molecular complexity index is 1620. The summed E-state index contributed by atoms with van der Waals surface area (Å²) in [6.45, 7) is 6.78. The molecule has 14 unspecified atom stereocenters. The molecule has 3 heterocycles. The van der Waals surface area contributed by atoms with E-state index in [1.54, 1.807) is 38.2 Å². The van der Waals surface area contributed by atoms with Gasteiger partial charge in [0, 0.05) is 31.1 Å². The number of hydrogen-bond acceptors (Lipinski definition) is 17. The molecule has 0 spiro atoms. The van der Waals surface area contributed by atoms with Crippen molar-refractivity contribution < 1.29 is 84.7 Å². The maximum absolute atomic E-state index is 12.6. The number of carbonyl (C=O) groups is 2. The summed E-state index contributed by atoms with van der Waals surface area (Å²) < 4.78 is 23.2. The molecule has 2 saturated heterocycles. The molecule has 0 aliphatic carbocycles. The number of aliphatic carboxylic acids is 1. The molecule has 0 aromatic heterocycles. The Morgan fingerprint density at radius 2 is 1.28 bits per heavy atom. The molecule has 0 saturated carbocycles. The maximum Gasteiger partial charge on any atom is 0.311 e. The van der Waals surface area contributed by atoms with Crippen LogP contribution in [0.3, 0.4) is 0 Å². The van der Waals surface area contributed by atoms with Crippen LogP contribution < -0.4 is 5.73 Å². The lowest BCUT2D eigenvalue weighted by Gasteiger charge is -2.45. The van der Waals surface area contributed by atoms with Crippen molar-refractivity contribution in [3.63, 3.8) is 0 Å². The summed E-state index contributed by atoms with van der Waals surface area (Å²) in [4.78, 5) is 25.1. The number of carboxylic acids is 1. The number of ether oxygens (including phenoxy) is 4. The Morgan fingerprint density at radius 1 is 0.692 bits per heavy atom. The van der Waals surface area contributed by atoms with Crippen molar-refractivity contribution in [2.45, 2.75) is 189 Å². The summed E-state index contributed by atoms with van der Waals surface area (Å²) in [5.41, 5.74) is 6.02. The topological polar surface area (TPSA) is 320 Å². The van der Waals surface area contributed by atoms with Gasteiger partial charge >= 0.3 is 11.9 Å². The molecule has 3 aliphatic rings. The zero-order valence-electron chi connectivity index (χ0n) is 37.8. The van der Waals surface area contributed by atoms with E-state index in [0.29, 0.717) is 0 Å². The molecule has 0 amide bonds. The first kappa shape index (κ1) is 56.1. The summed E-state index contributed by atoms with van der Waals surface area (Å²) in [6, 6.07) is -1.14. The van der Waals surface area contributed by atoms with Gasteiger partial charge in [0.2, 0.25) is 0 Å². The van der Waals surface area contributed by atoms with Gasteiger partial charge in [-0.05, 0) is 52.4 Å². The number of hydrogen-bond donors (Lipinski definition) is 12. The number of rotatable bonds is 3. The summed E-state index contributed by atoms with van der Waals surface area (Å²) >= 11 is 0. The van der Waals surface area contributed by atoms with Gasteiger partial charge < -0.3 is 80.9 Å². The molecule has 18 heteroatoms. The van der Waals surface area contributed by atoms with Gasteiger partial charge in [-0.3, -0.25) is 9.59 Å². The molecule has 370 valence electrons. The van der Waals surface area contributed by atoms with Crippen molar-refractivity contribution in [2.24, 2.45) is 23.5 Å². The normalized spacial score (nSPS) is 44.8. The number of esters is 1. The summed E-state index contributed by atoms with van der Waals surface area (Å²) in [7, 11) is 0. The second-order valence-electron chi connectivity index (χ2n) is 17.8. The number of aliphatic hydroxyl groups excluding tert-OH is 9. The number of carbonyl (C=O) groups excluding carboxylic acids is 1.